The van der Waals surface area contributed by atoms with Gasteiger partial charge in [0.25, 0.3) is 0 Å². The van der Waals surface area contributed by atoms with E-state index in [0.717, 1.165) is 12.5 Å². The van der Waals surface area contributed by atoms with Gasteiger partial charge in [0.15, 0.2) is 0 Å². The van der Waals surface area contributed by atoms with Gasteiger partial charge in [-0.3, -0.25) is 0 Å². The van der Waals surface area contributed by atoms with Crippen LogP contribution in [0, 0.1) is 11.3 Å². The predicted molar refractivity (Wildman–Crippen MR) is 73.7 cm³/mol. The number of hydrogen-bond donors (Lipinski definition) is 1. The maximum atomic E-state index is 3.52. The predicted octanol–water partition coefficient (Wildman–Crippen LogP) is 3.79. The van der Waals surface area contributed by atoms with E-state index in [-0.39, 0.29) is 0 Å². The fraction of sp³-hybridized carbons (Fsp3) is 1.00. The van der Waals surface area contributed by atoms with Crippen molar-refractivity contribution < 1.29 is 0 Å². The molecule has 0 aliphatic carbocycles. The van der Waals surface area contributed by atoms with E-state index in [1.807, 2.05) is 0 Å². The van der Waals surface area contributed by atoms with Crippen LogP contribution in [0.3, 0.4) is 0 Å². The second-order valence-electron chi connectivity index (χ2n) is 5.46. The minimum atomic E-state index is 0.506. The summed E-state index contributed by atoms with van der Waals surface area (Å²) in [7, 11) is 0. The van der Waals surface area contributed by atoms with E-state index < -0.39 is 0 Å². The SMILES string of the molecule is CCSCCC(C)(C)CCNCC(C)C. The Kier molecular flexibility index (Phi) is 8.64. The summed E-state index contributed by atoms with van der Waals surface area (Å²) in [6, 6.07) is 0. The summed E-state index contributed by atoms with van der Waals surface area (Å²) in [6.45, 7) is 13.9. The molecule has 0 aliphatic rings. The molecule has 1 nitrogen and oxygen atoms in total. The van der Waals surface area contributed by atoms with Crippen molar-refractivity contribution in [3.63, 3.8) is 0 Å². The Morgan fingerprint density at radius 3 is 2.40 bits per heavy atom. The lowest BCUT2D eigenvalue weighted by molar-refractivity contribution is 0.315. The maximum absolute atomic E-state index is 3.52. The Morgan fingerprint density at radius 1 is 1.20 bits per heavy atom. The van der Waals surface area contributed by atoms with Crippen molar-refractivity contribution in [2.75, 3.05) is 24.6 Å². The largest absolute Gasteiger partial charge is 0.316 e. The average molecular weight is 231 g/mol. The summed E-state index contributed by atoms with van der Waals surface area (Å²) in [4.78, 5) is 0. The zero-order valence-electron chi connectivity index (χ0n) is 11.2. The molecule has 0 unspecified atom stereocenters. The van der Waals surface area contributed by atoms with Crippen LogP contribution in [0.25, 0.3) is 0 Å². The highest BCUT2D eigenvalue weighted by molar-refractivity contribution is 7.99. The number of thioether (sulfide) groups is 1. The van der Waals surface area contributed by atoms with Crippen LogP contribution in [0.5, 0.6) is 0 Å². The zero-order chi connectivity index (χ0) is 11.7. The normalized spacial score (nSPS) is 12.4. The molecule has 0 aromatic heterocycles. The van der Waals surface area contributed by atoms with E-state index in [4.69, 9.17) is 0 Å². The van der Waals surface area contributed by atoms with Gasteiger partial charge in [-0.15, -0.1) is 0 Å². The highest BCUT2D eigenvalue weighted by Crippen LogP contribution is 2.26. The van der Waals surface area contributed by atoms with E-state index in [1.54, 1.807) is 0 Å². The highest BCUT2D eigenvalue weighted by Gasteiger charge is 2.16. The molecular weight excluding hydrogens is 202 g/mol. The molecule has 1 N–H and O–H groups in total. The Labute approximate surface area is 101 Å². The fourth-order valence-corrected chi connectivity index (χ4v) is 2.42. The third kappa shape index (κ3) is 10.6. The smallest absolute Gasteiger partial charge is 0.00258 e. The van der Waals surface area contributed by atoms with Crippen molar-refractivity contribution in [1.82, 2.24) is 5.32 Å². The molecule has 0 atom stereocenters. The topological polar surface area (TPSA) is 12.0 Å². The minimum absolute atomic E-state index is 0.506. The Bertz CT molecular complexity index is 143. The van der Waals surface area contributed by atoms with E-state index >= 15 is 0 Å². The van der Waals surface area contributed by atoms with Crippen molar-refractivity contribution in [1.29, 1.82) is 0 Å². The van der Waals surface area contributed by atoms with Gasteiger partial charge in [-0.05, 0) is 48.8 Å². The van der Waals surface area contributed by atoms with Gasteiger partial charge in [0, 0.05) is 0 Å². The van der Waals surface area contributed by atoms with Gasteiger partial charge < -0.3 is 5.32 Å². The lowest BCUT2D eigenvalue weighted by Gasteiger charge is -2.24. The van der Waals surface area contributed by atoms with E-state index in [9.17, 15) is 0 Å². The quantitative estimate of drug-likeness (QED) is 0.606. The van der Waals surface area contributed by atoms with Crippen LogP contribution in [0.15, 0.2) is 0 Å². The third-order valence-corrected chi connectivity index (χ3v) is 3.56. The second-order valence-corrected chi connectivity index (χ2v) is 6.85. The monoisotopic (exact) mass is 231 g/mol. The average Bonchev–Trinajstić information content (AvgIpc) is 2.13. The maximum Gasteiger partial charge on any atom is -0.00258 e. The molecule has 0 spiro atoms. The fourth-order valence-electron chi connectivity index (χ4n) is 1.44. The Hall–Kier alpha value is 0.310. The van der Waals surface area contributed by atoms with Gasteiger partial charge in [0.1, 0.15) is 0 Å². The molecule has 0 heterocycles. The lowest BCUT2D eigenvalue weighted by atomic mass is 9.86. The first-order valence-electron chi connectivity index (χ1n) is 6.26. The van der Waals surface area contributed by atoms with Crippen molar-refractivity contribution in [3.05, 3.63) is 0 Å². The van der Waals surface area contributed by atoms with Gasteiger partial charge in [0.05, 0.1) is 0 Å². The molecule has 0 saturated carbocycles. The molecule has 0 aromatic carbocycles. The summed E-state index contributed by atoms with van der Waals surface area (Å²) in [5.41, 5.74) is 0.506. The molecule has 0 saturated heterocycles. The van der Waals surface area contributed by atoms with Crippen LogP contribution in [-0.2, 0) is 0 Å². The summed E-state index contributed by atoms with van der Waals surface area (Å²) in [6.07, 6.45) is 2.64. The molecule has 0 radical (unpaired) electrons. The van der Waals surface area contributed by atoms with E-state index in [2.05, 4.69) is 51.7 Å². The standard InChI is InChI=1S/C13H29NS/c1-6-15-10-8-13(4,5)7-9-14-11-12(2)3/h12,14H,6-11H2,1-5H3. The number of nitrogens with one attached hydrogen (secondary N) is 1. The van der Waals surface area contributed by atoms with Gasteiger partial charge in [-0.25, -0.2) is 0 Å². The van der Waals surface area contributed by atoms with Gasteiger partial charge in [0.2, 0.25) is 0 Å². The van der Waals surface area contributed by atoms with E-state index in [1.165, 1.54) is 30.9 Å². The third-order valence-electron chi connectivity index (χ3n) is 2.66. The molecule has 0 aromatic rings. The summed E-state index contributed by atoms with van der Waals surface area (Å²) < 4.78 is 0. The molecule has 0 rings (SSSR count). The summed E-state index contributed by atoms with van der Waals surface area (Å²) >= 11 is 2.06. The van der Waals surface area contributed by atoms with Crippen LogP contribution in [0.4, 0.5) is 0 Å². The van der Waals surface area contributed by atoms with Gasteiger partial charge >= 0.3 is 0 Å². The number of rotatable bonds is 9. The van der Waals surface area contributed by atoms with Crippen molar-refractivity contribution in [2.24, 2.45) is 11.3 Å². The highest BCUT2D eigenvalue weighted by atomic mass is 32.2. The lowest BCUT2D eigenvalue weighted by Crippen LogP contribution is -2.25. The van der Waals surface area contributed by atoms with Crippen molar-refractivity contribution >= 4 is 11.8 Å². The van der Waals surface area contributed by atoms with Crippen LogP contribution in [-0.4, -0.2) is 24.6 Å². The minimum Gasteiger partial charge on any atom is -0.316 e. The molecular formula is C13H29NS. The Balaban J connectivity index is 3.46. The van der Waals surface area contributed by atoms with E-state index in [0.29, 0.717) is 5.41 Å². The summed E-state index contributed by atoms with van der Waals surface area (Å²) in [5.74, 6) is 3.33. The van der Waals surface area contributed by atoms with Crippen LogP contribution in [0.2, 0.25) is 0 Å². The van der Waals surface area contributed by atoms with Crippen LogP contribution in [0.1, 0.15) is 47.5 Å². The van der Waals surface area contributed by atoms with Crippen molar-refractivity contribution in [3.8, 4) is 0 Å². The second kappa shape index (κ2) is 8.46. The first-order chi connectivity index (χ1) is 6.98. The summed E-state index contributed by atoms with van der Waals surface area (Å²) in [5, 5.41) is 3.52. The van der Waals surface area contributed by atoms with Crippen LogP contribution >= 0.6 is 11.8 Å². The van der Waals surface area contributed by atoms with Gasteiger partial charge in [-0.1, -0.05) is 34.6 Å². The Morgan fingerprint density at radius 2 is 1.87 bits per heavy atom. The number of hydrogen-bond acceptors (Lipinski definition) is 2. The van der Waals surface area contributed by atoms with Gasteiger partial charge in [-0.2, -0.15) is 11.8 Å². The zero-order valence-corrected chi connectivity index (χ0v) is 12.0. The van der Waals surface area contributed by atoms with Crippen LogP contribution < -0.4 is 5.32 Å². The van der Waals surface area contributed by atoms with Crippen molar-refractivity contribution in [2.45, 2.75) is 47.5 Å². The molecule has 2 heteroatoms. The molecule has 0 fully saturated rings. The molecule has 0 bridgehead atoms. The first kappa shape index (κ1) is 15.3. The molecule has 92 valence electrons. The molecule has 0 amide bonds. The first-order valence-corrected chi connectivity index (χ1v) is 7.42. The molecule has 0 aliphatic heterocycles. The molecule has 15 heavy (non-hydrogen) atoms.